The van der Waals surface area contributed by atoms with Crippen LogP contribution < -0.4 is 4.74 Å². The summed E-state index contributed by atoms with van der Waals surface area (Å²) in [6.07, 6.45) is 5.99. The largest absolute Gasteiger partial charge is 0.497 e. The molecule has 0 spiro atoms. The van der Waals surface area contributed by atoms with Crippen LogP contribution in [-0.2, 0) is 24.3 Å². The van der Waals surface area contributed by atoms with E-state index in [1.165, 1.54) is 11.1 Å². The van der Waals surface area contributed by atoms with Gasteiger partial charge in [0.05, 0.1) is 7.11 Å². The molecule has 0 fully saturated rings. The molecule has 3 rings (SSSR count). The molecule has 1 aromatic carbocycles. The highest BCUT2D eigenvalue weighted by Crippen LogP contribution is 2.24. The number of amides is 1. The molecule has 1 aliphatic heterocycles. The van der Waals surface area contributed by atoms with Crippen molar-refractivity contribution in [3.8, 4) is 5.75 Å². The van der Waals surface area contributed by atoms with E-state index >= 15 is 0 Å². The average molecular weight is 299 g/mol. The first-order valence-corrected chi connectivity index (χ1v) is 7.67. The van der Waals surface area contributed by atoms with Crippen LogP contribution in [0.5, 0.6) is 5.75 Å². The van der Waals surface area contributed by atoms with E-state index in [9.17, 15) is 4.79 Å². The van der Waals surface area contributed by atoms with Crippen LogP contribution in [0.2, 0.25) is 0 Å². The maximum atomic E-state index is 12.3. The summed E-state index contributed by atoms with van der Waals surface area (Å²) in [4.78, 5) is 14.3. The molecule has 0 bridgehead atoms. The molecule has 5 heteroatoms. The van der Waals surface area contributed by atoms with Crippen LogP contribution in [-0.4, -0.2) is 34.2 Å². The van der Waals surface area contributed by atoms with E-state index in [-0.39, 0.29) is 5.91 Å². The fraction of sp³-hybridized carbons (Fsp3) is 0.412. The number of hydrogen-bond acceptors (Lipinski definition) is 3. The van der Waals surface area contributed by atoms with Crippen LogP contribution in [0.4, 0.5) is 0 Å². The number of carbonyl (C=O) groups excluding carboxylic acids is 1. The molecule has 0 atom stereocenters. The average Bonchev–Trinajstić information content (AvgIpc) is 3.07. The number of ether oxygens (including phenoxy) is 1. The molecule has 0 saturated heterocycles. The van der Waals surface area contributed by atoms with Gasteiger partial charge in [0, 0.05) is 38.4 Å². The molecule has 2 heterocycles. The highest BCUT2D eigenvalue weighted by atomic mass is 16.5. The third-order valence-corrected chi connectivity index (χ3v) is 4.12. The van der Waals surface area contributed by atoms with Crippen molar-refractivity contribution >= 4 is 5.91 Å². The molecule has 0 radical (unpaired) electrons. The Morgan fingerprint density at radius 1 is 1.36 bits per heavy atom. The number of benzene rings is 1. The van der Waals surface area contributed by atoms with E-state index < -0.39 is 0 Å². The lowest BCUT2D eigenvalue weighted by Gasteiger charge is -2.29. The predicted molar refractivity (Wildman–Crippen MR) is 83.6 cm³/mol. The first kappa shape index (κ1) is 14.6. The fourth-order valence-corrected chi connectivity index (χ4v) is 2.85. The summed E-state index contributed by atoms with van der Waals surface area (Å²) >= 11 is 0. The lowest BCUT2D eigenvalue weighted by Crippen LogP contribution is -2.35. The standard InChI is InChI=1S/C17H21N3O2/c1-22-16-6-5-15-13-19(11-7-14(15)12-16)17(21)4-2-9-20-10-3-8-18-20/h3,5-6,8,10,12H,2,4,7,9,11,13H2,1H3. The summed E-state index contributed by atoms with van der Waals surface area (Å²) < 4.78 is 7.12. The summed E-state index contributed by atoms with van der Waals surface area (Å²) in [6.45, 7) is 2.29. The number of rotatable bonds is 5. The zero-order valence-corrected chi connectivity index (χ0v) is 12.9. The van der Waals surface area contributed by atoms with Gasteiger partial charge in [-0.05, 0) is 42.2 Å². The molecule has 1 aromatic heterocycles. The maximum absolute atomic E-state index is 12.3. The molecule has 0 N–H and O–H groups in total. The second-order valence-corrected chi connectivity index (χ2v) is 5.57. The molecule has 1 aliphatic rings. The number of nitrogens with zero attached hydrogens (tertiary/aromatic N) is 3. The third-order valence-electron chi connectivity index (χ3n) is 4.12. The van der Waals surface area contributed by atoms with E-state index in [2.05, 4.69) is 17.2 Å². The summed E-state index contributed by atoms with van der Waals surface area (Å²) in [5.74, 6) is 1.12. The zero-order valence-electron chi connectivity index (χ0n) is 12.9. The molecule has 0 unspecified atom stereocenters. The van der Waals surface area contributed by atoms with E-state index in [0.717, 1.165) is 31.7 Å². The highest BCUT2D eigenvalue weighted by Gasteiger charge is 2.20. The number of aryl methyl sites for hydroxylation is 1. The van der Waals surface area contributed by atoms with Crippen molar-refractivity contribution in [1.82, 2.24) is 14.7 Å². The molecule has 0 saturated carbocycles. The number of hydrogen-bond donors (Lipinski definition) is 0. The SMILES string of the molecule is COc1ccc2c(c1)CCN(C(=O)CCCn1cccn1)C2. The first-order chi connectivity index (χ1) is 10.8. The molecule has 116 valence electrons. The van der Waals surface area contributed by atoms with Gasteiger partial charge < -0.3 is 9.64 Å². The van der Waals surface area contributed by atoms with Crippen LogP contribution in [0.25, 0.3) is 0 Å². The Hall–Kier alpha value is -2.30. The van der Waals surface area contributed by atoms with Crippen LogP contribution in [0, 0.1) is 0 Å². The topological polar surface area (TPSA) is 47.4 Å². The van der Waals surface area contributed by atoms with Crippen molar-refractivity contribution in [2.75, 3.05) is 13.7 Å². The van der Waals surface area contributed by atoms with Crippen molar-refractivity contribution in [3.05, 3.63) is 47.8 Å². The van der Waals surface area contributed by atoms with Gasteiger partial charge in [0.25, 0.3) is 0 Å². The van der Waals surface area contributed by atoms with E-state index in [1.807, 2.05) is 27.9 Å². The Labute approximate surface area is 130 Å². The van der Waals surface area contributed by atoms with Crippen LogP contribution >= 0.6 is 0 Å². The summed E-state index contributed by atoms with van der Waals surface area (Å²) in [7, 11) is 1.68. The van der Waals surface area contributed by atoms with Gasteiger partial charge in [-0.25, -0.2) is 0 Å². The number of fused-ring (bicyclic) bond motifs is 1. The first-order valence-electron chi connectivity index (χ1n) is 7.67. The fourth-order valence-electron chi connectivity index (χ4n) is 2.85. The van der Waals surface area contributed by atoms with Gasteiger partial charge in [-0.15, -0.1) is 0 Å². The Bertz CT molecular complexity index is 637. The number of aromatic nitrogens is 2. The summed E-state index contributed by atoms with van der Waals surface area (Å²) in [5.41, 5.74) is 2.52. The summed E-state index contributed by atoms with van der Waals surface area (Å²) in [5, 5.41) is 4.15. The van der Waals surface area contributed by atoms with Crippen molar-refractivity contribution < 1.29 is 9.53 Å². The second kappa shape index (κ2) is 6.64. The van der Waals surface area contributed by atoms with Crippen molar-refractivity contribution in [1.29, 1.82) is 0 Å². The minimum Gasteiger partial charge on any atom is -0.497 e. The monoisotopic (exact) mass is 299 g/mol. The molecule has 22 heavy (non-hydrogen) atoms. The second-order valence-electron chi connectivity index (χ2n) is 5.57. The van der Waals surface area contributed by atoms with E-state index in [4.69, 9.17) is 4.74 Å². The molecule has 1 amide bonds. The van der Waals surface area contributed by atoms with Crippen molar-refractivity contribution in [3.63, 3.8) is 0 Å². The Balaban J connectivity index is 1.53. The molecular formula is C17H21N3O2. The molecule has 2 aromatic rings. The minimum atomic E-state index is 0.230. The van der Waals surface area contributed by atoms with Gasteiger partial charge in [0.2, 0.25) is 5.91 Å². The van der Waals surface area contributed by atoms with Crippen LogP contribution in [0.3, 0.4) is 0 Å². The third kappa shape index (κ3) is 3.30. The summed E-state index contributed by atoms with van der Waals surface area (Å²) in [6, 6.07) is 8.01. The Morgan fingerprint density at radius 2 is 2.27 bits per heavy atom. The highest BCUT2D eigenvalue weighted by molar-refractivity contribution is 5.76. The number of methoxy groups -OCH3 is 1. The van der Waals surface area contributed by atoms with Gasteiger partial charge >= 0.3 is 0 Å². The number of carbonyl (C=O) groups is 1. The zero-order chi connectivity index (χ0) is 15.4. The van der Waals surface area contributed by atoms with Gasteiger partial charge in [-0.2, -0.15) is 5.10 Å². The van der Waals surface area contributed by atoms with Crippen molar-refractivity contribution in [2.45, 2.75) is 32.4 Å². The Kier molecular flexibility index (Phi) is 4.42. The van der Waals surface area contributed by atoms with Crippen LogP contribution in [0.1, 0.15) is 24.0 Å². The lowest BCUT2D eigenvalue weighted by molar-refractivity contribution is -0.132. The molecule has 0 aliphatic carbocycles. The quantitative estimate of drug-likeness (QED) is 0.851. The van der Waals surface area contributed by atoms with Crippen molar-refractivity contribution in [2.24, 2.45) is 0 Å². The van der Waals surface area contributed by atoms with Gasteiger partial charge in [-0.1, -0.05) is 6.07 Å². The smallest absolute Gasteiger partial charge is 0.222 e. The normalized spacial score (nSPS) is 13.8. The minimum absolute atomic E-state index is 0.230. The van der Waals surface area contributed by atoms with E-state index in [0.29, 0.717) is 13.0 Å². The lowest BCUT2D eigenvalue weighted by atomic mass is 9.99. The van der Waals surface area contributed by atoms with Gasteiger partial charge in [-0.3, -0.25) is 9.48 Å². The van der Waals surface area contributed by atoms with Gasteiger partial charge in [0.15, 0.2) is 0 Å². The van der Waals surface area contributed by atoms with Gasteiger partial charge in [0.1, 0.15) is 5.75 Å². The van der Waals surface area contributed by atoms with Crippen LogP contribution in [0.15, 0.2) is 36.7 Å². The molecular weight excluding hydrogens is 278 g/mol. The van der Waals surface area contributed by atoms with E-state index in [1.54, 1.807) is 13.3 Å². The predicted octanol–water partition coefficient (Wildman–Crippen LogP) is 2.26. The molecule has 5 nitrogen and oxygen atoms in total. The Morgan fingerprint density at radius 3 is 3.05 bits per heavy atom. The maximum Gasteiger partial charge on any atom is 0.222 e.